The molecule has 1 aliphatic heterocycles. The summed E-state index contributed by atoms with van der Waals surface area (Å²) in [5.41, 5.74) is -0.498. The summed E-state index contributed by atoms with van der Waals surface area (Å²) in [6, 6.07) is 0.830. The van der Waals surface area contributed by atoms with Crippen molar-refractivity contribution < 1.29 is 13.2 Å². The van der Waals surface area contributed by atoms with Crippen LogP contribution in [0.3, 0.4) is 0 Å². The van der Waals surface area contributed by atoms with Gasteiger partial charge in [0.1, 0.15) is 11.5 Å². The zero-order valence-corrected chi connectivity index (χ0v) is 12.0. The number of aromatic nitrogens is 2. The molecular formula is C11H16Cl2F3N3. The molecule has 110 valence electrons. The van der Waals surface area contributed by atoms with Crippen LogP contribution in [0.2, 0.25) is 0 Å². The number of nitrogens with zero attached hydrogens (tertiary/aromatic N) is 2. The molecule has 0 bridgehead atoms. The smallest absolute Gasteiger partial charge is 0.307 e. The summed E-state index contributed by atoms with van der Waals surface area (Å²) in [4.78, 5) is 7.73. The van der Waals surface area contributed by atoms with Gasteiger partial charge in [0.15, 0.2) is 0 Å². The lowest BCUT2D eigenvalue weighted by Crippen LogP contribution is -2.29. The summed E-state index contributed by atoms with van der Waals surface area (Å²) in [6.07, 6.45) is -1.57. The molecule has 3 nitrogen and oxygen atoms in total. The van der Waals surface area contributed by atoms with Crippen LogP contribution in [0.4, 0.5) is 13.2 Å². The van der Waals surface area contributed by atoms with Crippen LogP contribution in [0.1, 0.15) is 42.5 Å². The van der Waals surface area contributed by atoms with Gasteiger partial charge in [-0.3, -0.25) is 0 Å². The first kappa shape index (κ1) is 18.4. The van der Waals surface area contributed by atoms with E-state index in [2.05, 4.69) is 15.3 Å². The van der Waals surface area contributed by atoms with E-state index in [1.54, 1.807) is 6.92 Å². The maximum Gasteiger partial charge on any atom is 0.433 e. The molecule has 2 rings (SSSR count). The molecule has 0 amide bonds. The lowest BCUT2D eigenvalue weighted by molar-refractivity contribution is -0.141. The molecule has 1 atom stereocenters. The highest BCUT2D eigenvalue weighted by Crippen LogP contribution is 2.29. The van der Waals surface area contributed by atoms with Gasteiger partial charge >= 0.3 is 6.18 Å². The minimum atomic E-state index is -4.41. The monoisotopic (exact) mass is 317 g/mol. The van der Waals surface area contributed by atoms with E-state index in [0.29, 0.717) is 5.69 Å². The summed E-state index contributed by atoms with van der Waals surface area (Å²) in [5, 5.41) is 3.15. The van der Waals surface area contributed by atoms with E-state index in [9.17, 15) is 13.2 Å². The van der Waals surface area contributed by atoms with E-state index >= 15 is 0 Å². The average molecular weight is 318 g/mol. The Kier molecular flexibility index (Phi) is 7.04. The van der Waals surface area contributed by atoms with E-state index in [1.807, 2.05) is 0 Å². The third-order valence-corrected chi connectivity index (χ3v) is 2.78. The summed E-state index contributed by atoms with van der Waals surface area (Å²) in [6.45, 7) is 2.37. The second-order valence-corrected chi connectivity index (χ2v) is 4.25. The van der Waals surface area contributed by atoms with Crippen molar-refractivity contribution in [2.24, 2.45) is 0 Å². The summed E-state index contributed by atoms with van der Waals surface area (Å²) >= 11 is 0. The fourth-order valence-corrected chi connectivity index (χ4v) is 1.96. The molecule has 0 saturated carbocycles. The van der Waals surface area contributed by atoms with Crippen molar-refractivity contribution in [2.75, 3.05) is 6.54 Å². The van der Waals surface area contributed by atoms with Crippen molar-refractivity contribution in [3.63, 3.8) is 0 Å². The van der Waals surface area contributed by atoms with Gasteiger partial charge in [0, 0.05) is 5.69 Å². The van der Waals surface area contributed by atoms with Crippen LogP contribution in [-0.2, 0) is 6.18 Å². The average Bonchev–Trinajstić information content (AvgIpc) is 2.28. The van der Waals surface area contributed by atoms with Crippen LogP contribution >= 0.6 is 24.8 Å². The Morgan fingerprint density at radius 3 is 2.42 bits per heavy atom. The van der Waals surface area contributed by atoms with Gasteiger partial charge in [-0.1, -0.05) is 6.42 Å². The van der Waals surface area contributed by atoms with Gasteiger partial charge in [0.25, 0.3) is 0 Å². The van der Waals surface area contributed by atoms with E-state index in [1.165, 1.54) is 0 Å². The Morgan fingerprint density at radius 2 is 1.89 bits per heavy atom. The van der Waals surface area contributed by atoms with Crippen LogP contribution in [0.15, 0.2) is 6.07 Å². The molecular weight excluding hydrogens is 302 g/mol. The quantitative estimate of drug-likeness (QED) is 0.862. The van der Waals surface area contributed by atoms with E-state index in [4.69, 9.17) is 0 Å². The van der Waals surface area contributed by atoms with E-state index < -0.39 is 11.9 Å². The van der Waals surface area contributed by atoms with E-state index in [0.717, 1.165) is 31.9 Å². The number of rotatable bonds is 1. The molecule has 1 N–H and O–H groups in total. The van der Waals surface area contributed by atoms with Crippen LogP contribution in [0.25, 0.3) is 0 Å². The molecule has 1 fully saturated rings. The minimum Gasteiger partial charge on any atom is -0.307 e. The molecule has 1 aromatic rings. The highest BCUT2D eigenvalue weighted by molar-refractivity contribution is 5.85. The van der Waals surface area contributed by atoms with Crippen LogP contribution < -0.4 is 5.32 Å². The zero-order valence-electron chi connectivity index (χ0n) is 10.3. The topological polar surface area (TPSA) is 37.8 Å². The largest absolute Gasteiger partial charge is 0.433 e. The van der Waals surface area contributed by atoms with Gasteiger partial charge in [-0.25, -0.2) is 9.97 Å². The van der Waals surface area contributed by atoms with Gasteiger partial charge in [-0.05, 0) is 32.4 Å². The van der Waals surface area contributed by atoms with Crippen molar-refractivity contribution in [3.05, 3.63) is 23.3 Å². The Balaban J connectivity index is 0.00000162. The highest BCUT2D eigenvalue weighted by atomic mass is 35.5. The van der Waals surface area contributed by atoms with Gasteiger partial charge in [-0.2, -0.15) is 13.2 Å². The molecule has 8 heteroatoms. The summed E-state index contributed by atoms with van der Waals surface area (Å²) < 4.78 is 37.8. The zero-order chi connectivity index (χ0) is 12.5. The summed E-state index contributed by atoms with van der Waals surface area (Å²) in [7, 11) is 0. The van der Waals surface area contributed by atoms with Crippen LogP contribution in [-0.4, -0.2) is 16.5 Å². The fourth-order valence-electron chi connectivity index (χ4n) is 1.96. The molecule has 0 spiro atoms. The third-order valence-electron chi connectivity index (χ3n) is 2.78. The van der Waals surface area contributed by atoms with Crippen LogP contribution in [0, 0.1) is 6.92 Å². The predicted octanol–water partition coefficient (Wildman–Crippen LogP) is 3.46. The predicted molar refractivity (Wildman–Crippen MR) is 70.9 cm³/mol. The summed E-state index contributed by atoms with van der Waals surface area (Å²) in [5.74, 6) is 0.261. The Labute approximate surface area is 122 Å². The van der Waals surface area contributed by atoms with Gasteiger partial charge in [0.2, 0.25) is 0 Å². The molecule has 1 aliphatic rings. The lowest BCUT2D eigenvalue weighted by Gasteiger charge is -2.22. The first-order chi connectivity index (χ1) is 7.97. The second-order valence-electron chi connectivity index (χ2n) is 4.25. The normalized spacial score (nSPS) is 19.3. The number of nitrogens with one attached hydrogen (secondary N) is 1. The minimum absolute atomic E-state index is 0. The maximum atomic E-state index is 12.6. The number of hydrogen-bond donors (Lipinski definition) is 1. The molecule has 19 heavy (non-hydrogen) atoms. The maximum absolute atomic E-state index is 12.6. The van der Waals surface area contributed by atoms with Gasteiger partial charge in [-0.15, -0.1) is 24.8 Å². The standard InChI is InChI=1S/C11H14F3N3.2ClH/c1-7-6-9(11(12,13)14)17-10(16-7)8-4-2-3-5-15-8;;/h6,8,15H,2-5H2,1H3;2*1H. The van der Waals surface area contributed by atoms with Crippen molar-refractivity contribution >= 4 is 24.8 Å². The molecule has 0 aromatic carbocycles. The molecule has 0 radical (unpaired) electrons. The van der Waals surface area contributed by atoms with Crippen LogP contribution in [0.5, 0.6) is 0 Å². The van der Waals surface area contributed by atoms with Gasteiger partial charge in [0.05, 0.1) is 6.04 Å². The second kappa shape index (κ2) is 7.26. The first-order valence-electron chi connectivity index (χ1n) is 5.63. The number of hydrogen-bond acceptors (Lipinski definition) is 3. The van der Waals surface area contributed by atoms with Crippen molar-refractivity contribution in [3.8, 4) is 0 Å². The molecule has 0 aliphatic carbocycles. The Hall–Kier alpha value is -0.590. The molecule has 1 saturated heterocycles. The fraction of sp³-hybridized carbons (Fsp3) is 0.636. The number of piperidine rings is 1. The number of halogens is 5. The molecule has 2 heterocycles. The number of alkyl halides is 3. The van der Waals surface area contributed by atoms with Gasteiger partial charge < -0.3 is 5.32 Å². The lowest BCUT2D eigenvalue weighted by atomic mass is 10.0. The van der Waals surface area contributed by atoms with Crippen molar-refractivity contribution in [2.45, 2.75) is 38.4 Å². The Bertz CT molecular complexity index is 407. The highest BCUT2D eigenvalue weighted by Gasteiger charge is 2.34. The molecule has 1 unspecified atom stereocenters. The number of aryl methyl sites for hydroxylation is 1. The first-order valence-corrected chi connectivity index (χ1v) is 5.63. The van der Waals surface area contributed by atoms with Crippen molar-refractivity contribution in [1.29, 1.82) is 0 Å². The van der Waals surface area contributed by atoms with E-state index in [-0.39, 0.29) is 36.7 Å². The SMILES string of the molecule is Cc1cc(C(F)(F)F)nc(C2CCCCN2)n1.Cl.Cl. The third kappa shape index (κ3) is 4.78. The Morgan fingerprint density at radius 1 is 1.21 bits per heavy atom. The molecule has 1 aromatic heterocycles. The van der Waals surface area contributed by atoms with Crippen molar-refractivity contribution in [1.82, 2.24) is 15.3 Å².